The van der Waals surface area contributed by atoms with Gasteiger partial charge in [-0.1, -0.05) is 23.2 Å². The van der Waals surface area contributed by atoms with Gasteiger partial charge in [0.05, 0.1) is 16.3 Å². The Hall–Kier alpha value is -1.37. The fraction of sp³-hybridized carbons (Fsp3) is 0.476. The third kappa shape index (κ3) is 5.82. The molecule has 1 aliphatic rings. The first-order valence-corrected chi connectivity index (χ1v) is 10.3. The summed E-state index contributed by atoms with van der Waals surface area (Å²) >= 11 is 12.2. The minimum absolute atomic E-state index is 0.515. The summed E-state index contributed by atoms with van der Waals surface area (Å²) in [6.07, 6.45) is 3.99. The van der Waals surface area contributed by atoms with Crippen LogP contribution in [0.25, 0.3) is 0 Å². The molecule has 0 bridgehead atoms. The van der Waals surface area contributed by atoms with E-state index in [4.69, 9.17) is 27.9 Å². The van der Waals surface area contributed by atoms with Gasteiger partial charge in [-0.25, -0.2) is 4.98 Å². The number of hydrogen-bond acceptors (Lipinski definition) is 5. The van der Waals surface area contributed by atoms with Gasteiger partial charge in [0, 0.05) is 31.0 Å². The number of ether oxygens (including phenoxy) is 1. The molecule has 0 atom stereocenters. The van der Waals surface area contributed by atoms with Crippen LogP contribution >= 0.6 is 23.2 Å². The topological polar surface area (TPSA) is 66.4 Å². The van der Waals surface area contributed by atoms with Crippen molar-refractivity contribution in [3.05, 3.63) is 51.6 Å². The molecular weight excluding hydrogens is 397 g/mol. The molecule has 1 fully saturated rings. The molecule has 0 saturated carbocycles. The van der Waals surface area contributed by atoms with Crippen LogP contribution in [0, 0.1) is 5.92 Å². The molecule has 2 heterocycles. The van der Waals surface area contributed by atoms with E-state index >= 15 is 0 Å². The summed E-state index contributed by atoms with van der Waals surface area (Å²) in [6, 6.07) is 7.12. The van der Waals surface area contributed by atoms with Crippen LogP contribution < -0.4 is 10.6 Å². The third-order valence-electron chi connectivity index (χ3n) is 4.93. The van der Waals surface area contributed by atoms with E-state index < -0.39 is 5.60 Å². The highest BCUT2D eigenvalue weighted by Gasteiger charge is 2.22. The Balaban J connectivity index is 1.72. The lowest BCUT2D eigenvalue weighted by atomic mass is 9.94. The molecule has 3 N–H and O–H groups in total. The van der Waals surface area contributed by atoms with Crippen molar-refractivity contribution >= 4 is 34.7 Å². The van der Waals surface area contributed by atoms with Crippen LogP contribution in [-0.2, 0) is 16.9 Å². The molecule has 7 heteroatoms. The Labute approximate surface area is 176 Å². The Kier molecular flexibility index (Phi) is 7.18. The summed E-state index contributed by atoms with van der Waals surface area (Å²) in [6.45, 7) is 6.85. The van der Waals surface area contributed by atoms with Gasteiger partial charge in [0.25, 0.3) is 0 Å². The van der Waals surface area contributed by atoms with Crippen LogP contribution in [-0.4, -0.2) is 29.8 Å². The van der Waals surface area contributed by atoms with E-state index in [9.17, 15) is 5.11 Å². The van der Waals surface area contributed by atoms with Gasteiger partial charge >= 0.3 is 0 Å². The zero-order chi connectivity index (χ0) is 20.1. The second-order valence-corrected chi connectivity index (χ2v) is 8.57. The first kappa shape index (κ1) is 21.3. The van der Waals surface area contributed by atoms with Crippen LogP contribution in [0.5, 0.6) is 0 Å². The minimum Gasteiger partial charge on any atom is -0.386 e. The maximum Gasteiger partial charge on any atom is 0.130 e. The molecule has 0 aliphatic carbocycles. The Morgan fingerprint density at radius 2 is 1.96 bits per heavy atom. The lowest BCUT2D eigenvalue weighted by Gasteiger charge is -2.25. The zero-order valence-electron chi connectivity index (χ0n) is 16.3. The molecule has 0 spiro atoms. The van der Waals surface area contributed by atoms with Crippen molar-refractivity contribution in [2.75, 3.05) is 25.1 Å². The number of aromatic nitrogens is 1. The molecule has 0 unspecified atom stereocenters. The van der Waals surface area contributed by atoms with E-state index in [1.165, 1.54) is 0 Å². The maximum atomic E-state index is 10.7. The second-order valence-electron chi connectivity index (χ2n) is 7.72. The summed E-state index contributed by atoms with van der Waals surface area (Å²) in [7, 11) is 0. The monoisotopic (exact) mass is 423 g/mol. The summed E-state index contributed by atoms with van der Waals surface area (Å²) in [5.74, 6) is 1.26. The summed E-state index contributed by atoms with van der Waals surface area (Å²) in [5.41, 5.74) is 1.53. The summed E-state index contributed by atoms with van der Waals surface area (Å²) in [4.78, 5) is 4.50. The van der Waals surface area contributed by atoms with Crippen molar-refractivity contribution in [3.63, 3.8) is 0 Å². The number of aliphatic hydroxyl groups is 1. The minimum atomic E-state index is -0.987. The molecule has 1 aromatic heterocycles. The van der Waals surface area contributed by atoms with E-state index in [1.807, 2.05) is 6.07 Å². The van der Waals surface area contributed by atoms with Gasteiger partial charge < -0.3 is 20.5 Å². The molecule has 152 valence electrons. The van der Waals surface area contributed by atoms with Crippen molar-refractivity contribution in [1.82, 2.24) is 10.3 Å². The van der Waals surface area contributed by atoms with Crippen molar-refractivity contribution in [1.29, 1.82) is 0 Å². The van der Waals surface area contributed by atoms with Crippen LogP contribution in [0.15, 0.2) is 30.5 Å². The molecule has 1 aliphatic heterocycles. The summed E-state index contributed by atoms with van der Waals surface area (Å²) in [5, 5.41) is 18.5. The van der Waals surface area contributed by atoms with Gasteiger partial charge in [-0.2, -0.15) is 0 Å². The number of anilines is 2. The lowest BCUT2D eigenvalue weighted by Crippen LogP contribution is -2.29. The van der Waals surface area contributed by atoms with Crippen molar-refractivity contribution in [2.45, 2.75) is 38.8 Å². The second kappa shape index (κ2) is 9.42. The quantitative estimate of drug-likeness (QED) is 0.592. The van der Waals surface area contributed by atoms with E-state index in [1.54, 1.807) is 38.2 Å². The number of halogens is 2. The van der Waals surface area contributed by atoms with Crippen LogP contribution in [0.2, 0.25) is 10.0 Å². The van der Waals surface area contributed by atoms with Crippen LogP contribution in [0.4, 0.5) is 11.5 Å². The van der Waals surface area contributed by atoms with E-state index in [0.29, 0.717) is 34.0 Å². The average Bonchev–Trinajstić information content (AvgIpc) is 2.65. The van der Waals surface area contributed by atoms with E-state index in [2.05, 4.69) is 15.6 Å². The zero-order valence-corrected chi connectivity index (χ0v) is 17.8. The largest absolute Gasteiger partial charge is 0.386 e. The molecule has 28 heavy (non-hydrogen) atoms. The Bertz CT molecular complexity index is 803. The molecule has 0 radical (unpaired) electrons. The first-order valence-electron chi connectivity index (χ1n) is 9.55. The third-order valence-corrected chi connectivity index (χ3v) is 5.48. The molecule has 2 aromatic rings. The molecule has 3 rings (SSSR count). The molecule has 1 saturated heterocycles. The molecular formula is C21H27Cl2N3O2. The predicted molar refractivity (Wildman–Crippen MR) is 114 cm³/mol. The average molecular weight is 424 g/mol. The molecule has 1 aromatic carbocycles. The molecule has 0 amide bonds. The highest BCUT2D eigenvalue weighted by molar-refractivity contribution is 6.36. The highest BCUT2D eigenvalue weighted by Crippen LogP contribution is 2.30. The van der Waals surface area contributed by atoms with E-state index in [-0.39, 0.29) is 0 Å². The number of nitrogens with zero attached hydrogens (tertiary/aromatic N) is 1. The fourth-order valence-electron chi connectivity index (χ4n) is 3.35. The lowest BCUT2D eigenvalue weighted by molar-refractivity contribution is 0.0660. The van der Waals surface area contributed by atoms with Gasteiger partial charge in [-0.05, 0) is 74.5 Å². The van der Waals surface area contributed by atoms with Gasteiger partial charge in [-0.15, -0.1) is 0 Å². The normalized spacial score (nSPS) is 15.6. The number of hydrogen-bond donors (Lipinski definition) is 3. The number of pyridine rings is 1. The maximum absolute atomic E-state index is 10.7. The first-order chi connectivity index (χ1) is 13.3. The van der Waals surface area contributed by atoms with Crippen molar-refractivity contribution in [2.24, 2.45) is 5.92 Å². The van der Waals surface area contributed by atoms with Crippen molar-refractivity contribution < 1.29 is 9.84 Å². The Morgan fingerprint density at radius 3 is 2.64 bits per heavy atom. The van der Waals surface area contributed by atoms with Gasteiger partial charge in [0.15, 0.2) is 0 Å². The number of nitrogens with one attached hydrogen (secondary N) is 2. The van der Waals surface area contributed by atoms with Gasteiger partial charge in [-0.3, -0.25) is 0 Å². The van der Waals surface area contributed by atoms with Gasteiger partial charge in [0.1, 0.15) is 5.82 Å². The summed E-state index contributed by atoms with van der Waals surface area (Å²) < 4.78 is 5.41. The highest BCUT2D eigenvalue weighted by atomic mass is 35.5. The molecule has 5 nitrogen and oxygen atoms in total. The predicted octanol–water partition coefficient (Wildman–Crippen LogP) is 4.88. The van der Waals surface area contributed by atoms with Crippen LogP contribution in [0.3, 0.4) is 0 Å². The Morgan fingerprint density at radius 1 is 1.21 bits per heavy atom. The standard InChI is InChI=1S/C21H27Cl2N3O2/c1-21(2,27)17-10-20(26-19-4-3-16(22)9-18(19)23)25-13-15(17)12-24-11-14-5-7-28-8-6-14/h3-4,9-10,13-14,24,27H,5-8,11-12H2,1-2H3,(H,25,26). The number of benzene rings is 1. The van der Waals surface area contributed by atoms with Gasteiger partial charge in [0.2, 0.25) is 0 Å². The van der Waals surface area contributed by atoms with Crippen LogP contribution in [0.1, 0.15) is 37.8 Å². The van der Waals surface area contributed by atoms with E-state index in [0.717, 1.165) is 43.7 Å². The van der Waals surface area contributed by atoms with Crippen molar-refractivity contribution in [3.8, 4) is 0 Å². The fourth-order valence-corrected chi connectivity index (χ4v) is 3.81. The number of rotatable bonds is 7. The SMILES string of the molecule is CC(C)(O)c1cc(Nc2ccc(Cl)cc2Cl)ncc1CNCC1CCOCC1. The smallest absolute Gasteiger partial charge is 0.130 e.